The van der Waals surface area contributed by atoms with E-state index in [0.29, 0.717) is 12.1 Å². The van der Waals surface area contributed by atoms with Crippen LogP contribution in [0.15, 0.2) is 18.2 Å². The van der Waals surface area contributed by atoms with Gasteiger partial charge in [-0.25, -0.2) is 8.78 Å². The highest BCUT2D eigenvalue weighted by Gasteiger charge is 2.35. The number of rotatable bonds is 4. The van der Waals surface area contributed by atoms with Gasteiger partial charge in [-0.15, -0.1) is 0 Å². The van der Waals surface area contributed by atoms with Gasteiger partial charge in [-0.3, -0.25) is 4.90 Å². The third-order valence-electron chi connectivity index (χ3n) is 4.76. The smallest absolute Gasteiger partial charge is 0.131 e. The van der Waals surface area contributed by atoms with Crippen LogP contribution in [0.2, 0.25) is 0 Å². The lowest BCUT2D eigenvalue weighted by atomic mass is 9.98. The van der Waals surface area contributed by atoms with Crippen molar-refractivity contribution in [1.29, 1.82) is 0 Å². The monoisotopic (exact) mass is 296 g/mol. The van der Waals surface area contributed by atoms with Gasteiger partial charge < -0.3 is 10.4 Å². The Bertz CT molecular complexity index is 477. The SMILES string of the molecule is OC(CNC1CCN2CCCCC12)c1c(F)cccc1F. The van der Waals surface area contributed by atoms with E-state index in [1.165, 1.54) is 37.5 Å². The van der Waals surface area contributed by atoms with Crippen molar-refractivity contribution in [2.45, 2.75) is 43.9 Å². The number of aliphatic hydroxyl groups is 1. The summed E-state index contributed by atoms with van der Waals surface area (Å²) in [5.74, 6) is -1.37. The summed E-state index contributed by atoms with van der Waals surface area (Å²) in [5, 5.41) is 13.4. The molecule has 2 N–H and O–H groups in total. The second-order valence-electron chi connectivity index (χ2n) is 6.05. The number of fused-ring (bicyclic) bond motifs is 1. The molecule has 0 saturated carbocycles. The molecule has 1 aromatic carbocycles. The minimum absolute atomic E-state index is 0.187. The Morgan fingerprint density at radius 2 is 1.95 bits per heavy atom. The predicted molar refractivity (Wildman–Crippen MR) is 76.9 cm³/mol. The summed E-state index contributed by atoms with van der Waals surface area (Å²) in [6.45, 7) is 2.41. The van der Waals surface area contributed by atoms with E-state index in [2.05, 4.69) is 10.2 Å². The zero-order valence-electron chi connectivity index (χ0n) is 12.1. The summed E-state index contributed by atoms with van der Waals surface area (Å²) >= 11 is 0. The third-order valence-corrected chi connectivity index (χ3v) is 4.76. The topological polar surface area (TPSA) is 35.5 Å². The Morgan fingerprint density at radius 3 is 2.71 bits per heavy atom. The van der Waals surface area contributed by atoms with Crippen molar-refractivity contribution in [1.82, 2.24) is 10.2 Å². The van der Waals surface area contributed by atoms with Crippen LogP contribution in [-0.2, 0) is 0 Å². The van der Waals surface area contributed by atoms with E-state index in [0.717, 1.165) is 19.5 Å². The van der Waals surface area contributed by atoms with E-state index in [9.17, 15) is 13.9 Å². The van der Waals surface area contributed by atoms with Crippen molar-refractivity contribution in [2.75, 3.05) is 19.6 Å². The van der Waals surface area contributed by atoms with Crippen LogP contribution in [0.5, 0.6) is 0 Å². The van der Waals surface area contributed by atoms with Gasteiger partial charge in [0.2, 0.25) is 0 Å². The summed E-state index contributed by atoms with van der Waals surface area (Å²) in [5.41, 5.74) is -0.233. The molecule has 0 spiro atoms. The lowest BCUT2D eigenvalue weighted by Gasteiger charge is -2.33. The standard InChI is InChI=1S/C16H22F2N2O/c17-11-4-3-5-12(18)16(11)15(21)10-19-13-7-9-20-8-2-1-6-14(13)20/h3-5,13-15,19,21H,1-2,6-10H2. The Morgan fingerprint density at radius 1 is 1.19 bits per heavy atom. The van der Waals surface area contributed by atoms with Gasteiger partial charge >= 0.3 is 0 Å². The molecule has 1 aromatic rings. The number of aliphatic hydroxyl groups excluding tert-OH is 1. The van der Waals surface area contributed by atoms with Crippen LogP contribution < -0.4 is 5.32 Å². The third kappa shape index (κ3) is 3.10. The molecule has 0 radical (unpaired) electrons. The summed E-state index contributed by atoms with van der Waals surface area (Å²) < 4.78 is 27.3. The van der Waals surface area contributed by atoms with Crippen LogP contribution in [0.3, 0.4) is 0 Å². The molecule has 2 aliphatic heterocycles. The van der Waals surface area contributed by atoms with Gasteiger partial charge in [0.05, 0.1) is 11.7 Å². The Balaban J connectivity index is 1.60. The molecule has 0 aromatic heterocycles. The van der Waals surface area contributed by atoms with E-state index in [1.54, 1.807) is 0 Å². The second kappa shape index (κ2) is 6.38. The number of benzene rings is 1. The molecular weight excluding hydrogens is 274 g/mol. The molecule has 3 unspecified atom stereocenters. The van der Waals surface area contributed by atoms with Crippen molar-refractivity contribution < 1.29 is 13.9 Å². The van der Waals surface area contributed by atoms with E-state index in [4.69, 9.17) is 0 Å². The highest BCUT2D eigenvalue weighted by molar-refractivity contribution is 5.22. The minimum atomic E-state index is -1.15. The van der Waals surface area contributed by atoms with Crippen LogP contribution in [0.25, 0.3) is 0 Å². The van der Waals surface area contributed by atoms with Crippen LogP contribution in [0, 0.1) is 11.6 Å². The molecule has 0 amide bonds. The molecule has 2 fully saturated rings. The molecule has 0 aliphatic carbocycles. The zero-order chi connectivity index (χ0) is 14.8. The first-order chi connectivity index (χ1) is 10.2. The van der Waals surface area contributed by atoms with Gasteiger partial charge in [0.1, 0.15) is 11.6 Å². The van der Waals surface area contributed by atoms with Crippen molar-refractivity contribution in [3.8, 4) is 0 Å². The molecule has 2 heterocycles. The summed E-state index contributed by atoms with van der Waals surface area (Å²) in [6.07, 6.45) is 3.55. The fraction of sp³-hybridized carbons (Fsp3) is 0.625. The average Bonchev–Trinajstić information content (AvgIpc) is 2.88. The number of hydrogen-bond donors (Lipinski definition) is 2. The minimum Gasteiger partial charge on any atom is -0.387 e. The van der Waals surface area contributed by atoms with Crippen molar-refractivity contribution in [3.05, 3.63) is 35.4 Å². The van der Waals surface area contributed by atoms with Crippen LogP contribution in [0.4, 0.5) is 8.78 Å². The Hall–Kier alpha value is -1.04. The number of halogens is 2. The van der Waals surface area contributed by atoms with Crippen molar-refractivity contribution in [2.24, 2.45) is 0 Å². The van der Waals surface area contributed by atoms with Crippen LogP contribution in [0.1, 0.15) is 37.4 Å². The van der Waals surface area contributed by atoms with Crippen molar-refractivity contribution in [3.63, 3.8) is 0 Å². The maximum Gasteiger partial charge on any atom is 0.131 e. The average molecular weight is 296 g/mol. The van der Waals surface area contributed by atoms with E-state index in [-0.39, 0.29) is 12.1 Å². The molecule has 21 heavy (non-hydrogen) atoms. The first kappa shape index (κ1) is 14.9. The molecule has 3 rings (SSSR count). The largest absolute Gasteiger partial charge is 0.387 e. The normalized spacial score (nSPS) is 27.6. The van der Waals surface area contributed by atoms with Gasteiger partial charge in [-0.1, -0.05) is 12.5 Å². The maximum absolute atomic E-state index is 13.6. The van der Waals surface area contributed by atoms with Gasteiger partial charge in [0.25, 0.3) is 0 Å². The number of hydrogen-bond acceptors (Lipinski definition) is 3. The summed E-state index contributed by atoms with van der Waals surface area (Å²) in [4.78, 5) is 2.48. The van der Waals surface area contributed by atoms with E-state index in [1.807, 2.05) is 0 Å². The number of nitrogens with one attached hydrogen (secondary N) is 1. The lowest BCUT2D eigenvalue weighted by Crippen LogP contribution is -2.45. The fourth-order valence-corrected chi connectivity index (χ4v) is 3.68. The maximum atomic E-state index is 13.6. The van der Waals surface area contributed by atoms with Crippen LogP contribution >= 0.6 is 0 Å². The quantitative estimate of drug-likeness (QED) is 0.894. The first-order valence-corrected chi connectivity index (χ1v) is 7.76. The van der Waals surface area contributed by atoms with E-state index < -0.39 is 17.7 Å². The zero-order valence-corrected chi connectivity index (χ0v) is 12.1. The van der Waals surface area contributed by atoms with Gasteiger partial charge in [-0.05, 0) is 37.9 Å². The highest BCUT2D eigenvalue weighted by Crippen LogP contribution is 2.28. The molecule has 2 aliphatic rings. The molecular formula is C16H22F2N2O. The lowest BCUT2D eigenvalue weighted by molar-refractivity contribution is 0.145. The Labute approximate surface area is 124 Å². The molecule has 3 nitrogen and oxygen atoms in total. The highest BCUT2D eigenvalue weighted by atomic mass is 19.1. The fourth-order valence-electron chi connectivity index (χ4n) is 3.68. The number of piperidine rings is 1. The molecule has 116 valence electrons. The molecule has 0 bridgehead atoms. The predicted octanol–water partition coefficient (Wildman–Crippen LogP) is 2.21. The Kier molecular flexibility index (Phi) is 4.52. The van der Waals surface area contributed by atoms with Crippen molar-refractivity contribution >= 4 is 0 Å². The van der Waals surface area contributed by atoms with Gasteiger partial charge in [0, 0.05) is 25.2 Å². The summed E-state index contributed by atoms with van der Waals surface area (Å²) in [6, 6.07) is 4.50. The van der Waals surface area contributed by atoms with Crippen LogP contribution in [-0.4, -0.2) is 41.7 Å². The van der Waals surface area contributed by atoms with Gasteiger partial charge in [-0.2, -0.15) is 0 Å². The molecule has 5 heteroatoms. The first-order valence-electron chi connectivity index (χ1n) is 7.76. The second-order valence-corrected chi connectivity index (χ2v) is 6.05. The molecule has 2 saturated heterocycles. The van der Waals surface area contributed by atoms with E-state index >= 15 is 0 Å². The molecule has 3 atom stereocenters. The summed E-state index contributed by atoms with van der Waals surface area (Å²) in [7, 11) is 0. The van der Waals surface area contributed by atoms with Gasteiger partial charge in [0.15, 0.2) is 0 Å². The number of nitrogens with zero attached hydrogens (tertiary/aromatic N) is 1.